The summed E-state index contributed by atoms with van der Waals surface area (Å²) in [6.07, 6.45) is 1.82. The standard InChI is InChI=1S/C30H33FN6O2/c1-19-15-24-22(28(32)38)9-5-11-25(24)37(19)30-34-27-23(29(35-30)33-16-20-7-3-2-4-8-20)10-6-12-26(27)39-14-13-36-17-21(31)18-36/h2-5,7-9,11,15,21,26H,6,10,12-14,16-18H2,1H3,(H2,32,38)(H,33,34,35). The number of halogens is 1. The number of ether oxygens (including phenoxy) is 1. The van der Waals surface area contributed by atoms with Gasteiger partial charge in [0.25, 0.3) is 0 Å². The number of carbonyl (C=O) groups is 1. The molecule has 3 heterocycles. The van der Waals surface area contributed by atoms with E-state index in [1.165, 1.54) is 0 Å². The van der Waals surface area contributed by atoms with Crippen LogP contribution in [0.1, 0.15) is 51.8 Å². The van der Waals surface area contributed by atoms with Crippen LogP contribution in [-0.2, 0) is 17.7 Å². The average molecular weight is 529 g/mol. The molecule has 6 rings (SSSR count). The molecule has 39 heavy (non-hydrogen) atoms. The van der Waals surface area contributed by atoms with Crippen molar-refractivity contribution < 1.29 is 13.9 Å². The van der Waals surface area contributed by atoms with Gasteiger partial charge in [-0.15, -0.1) is 0 Å². The zero-order valence-electron chi connectivity index (χ0n) is 22.1. The van der Waals surface area contributed by atoms with Crippen molar-refractivity contribution in [3.8, 4) is 5.95 Å². The normalized spacial score (nSPS) is 17.6. The Hall–Kier alpha value is -3.82. The maximum atomic E-state index is 13.2. The molecule has 9 heteroatoms. The fourth-order valence-electron chi connectivity index (χ4n) is 5.65. The lowest BCUT2D eigenvalue weighted by Crippen LogP contribution is -2.49. The van der Waals surface area contributed by atoms with Crippen LogP contribution >= 0.6 is 0 Å². The quantitative estimate of drug-likeness (QED) is 0.332. The molecule has 1 aliphatic heterocycles. The first-order chi connectivity index (χ1) is 19.0. The highest BCUT2D eigenvalue weighted by Crippen LogP contribution is 2.36. The van der Waals surface area contributed by atoms with Gasteiger partial charge in [0, 0.05) is 48.4 Å². The van der Waals surface area contributed by atoms with Crippen LogP contribution in [0.3, 0.4) is 0 Å². The molecule has 1 atom stereocenters. The van der Waals surface area contributed by atoms with Gasteiger partial charge in [0.2, 0.25) is 11.9 Å². The number of anilines is 1. The molecule has 1 amide bonds. The Morgan fingerprint density at radius 3 is 2.74 bits per heavy atom. The van der Waals surface area contributed by atoms with Gasteiger partial charge in [-0.1, -0.05) is 36.4 Å². The van der Waals surface area contributed by atoms with Gasteiger partial charge in [0.05, 0.1) is 17.8 Å². The fraction of sp³-hybridized carbons (Fsp3) is 0.367. The number of nitrogens with two attached hydrogens (primary N) is 1. The SMILES string of the molecule is Cc1cc2c(C(N)=O)cccc2n1-c1nc(NCc2ccccc2)c2c(n1)C(OCCN1CC(F)C1)CCC2. The second-order valence-electron chi connectivity index (χ2n) is 10.4. The Morgan fingerprint density at radius 2 is 1.97 bits per heavy atom. The first kappa shape index (κ1) is 25.5. The zero-order chi connectivity index (χ0) is 26.9. The van der Waals surface area contributed by atoms with Gasteiger partial charge in [-0.25, -0.2) is 9.37 Å². The number of amides is 1. The molecular formula is C30H33FN6O2. The maximum absolute atomic E-state index is 13.2. The lowest BCUT2D eigenvalue weighted by atomic mass is 9.93. The lowest BCUT2D eigenvalue weighted by Gasteiger charge is -2.34. The predicted molar refractivity (Wildman–Crippen MR) is 149 cm³/mol. The summed E-state index contributed by atoms with van der Waals surface area (Å²) < 4.78 is 21.6. The van der Waals surface area contributed by atoms with Crippen molar-refractivity contribution in [2.24, 2.45) is 5.73 Å². The topological polar surface area (TPSA) is 98.3 Å². The summed E-state index contributed by atoms with van der Waals surface area (Å²) in [6, 6.07) is 17.7. The third-order valence-electron chi connectivity index (χ3n) is 7.66. The monoisotopic (exact) mass is 528 g/mol. The van der Waals surface area contributed by atoms with E-state index in [1.807, 2.05) is 47.9 Å². The highest BCUT2D eigenvalue weighted by Gasteiger charge is 2.29. The molecule has 4 aromatic rings. The molecule has 8 nitrogen and oxygen atoms in total. The fourth-order valence-corrected chi connectivity index (χ4v) is 5.65. The number of hydrogen-bond acceptors (Lipinski definition) is 6. The number of hydrogen-bond donors (Lipinski definition) is 2. The van der Waals surface area contributed by atoms with Crippen molar-refractivity contribution in [3.05, 3.63) is 82.7 Å². The Balaban J connectivity index is 1.39. The molecule has 3 N–H and O–H groups in total. The summed E-state index contributed by atoms with van der Waals surface area (Å²) in [5, 5.41) is 4.34. The van der Waals surface area contributed by atoms with Gasteiger partial charge in [0.1, 0.15) is 18.1 Å². The number of alkyl halides is 1. The molecule has 0 spiro atoms. The minimum Gasteiger partial charge on any atom is -0.371 e. The van der Waals surface area contributed by atoms with Crippen LogP contribution in [-0.4, -0.2) is 57.8 Å². The van der Waals surface area contributed by atoms with Gasteiger partial charge >= 0.3 is 0 Å². The van der Waals surface area contributed by atoms with E-state index in [2.05, 4.69) is 22.3 Å². The van der Waals surface area contributed by atoms with Crippen LogP contribution in [0.15, 0.2) is 54.6 Å². The molecule has 2 aliphatic rings. The number of benzene rings is 2. The molecule has 1 fully saturated rings. The number of carbonyl (C=O) groups excluding carboxylic acids is 1. The van der Waals surface area contributed by atoms with Crippen LogP contribution in [0.2, 0.25) is 0 Å². The van der Waals surface area contributed by atoms with E-state index >= 15 is 0 Å². The van der Waals surface area contributed by atoms with Gasteiger partial charge < -0.3 is 15.8 Å². The average Bonchev–Trinajstić information content (AvgIpc) is 3.26. The molecule has 2 aromatic carbocycles. The Morgan fingerprint density at radius 1 is 1.15 bits per heavy atom. The summed E-state index contributed by atoms with van der Waals surface area (Å²) in [7, 11) is 0. The van der Waals surface area contributed by atoms with Gasteiger partial charge in [-0.3, -0.25) is 14.3 Å². The second-order valence-corrected chi connectivity index (χ2v) is 10.4. The molecule has 0 bridgehead atoms. The van der Waals surface area contributed by atoms with E-state index in [4.69, 9.17) is 20.4 Å². The number of nitrogens with one attached hydrogen (secondary N) is 1. The Bertz CT molecular complexity index is 1500. The number of likely N-dealkylation sites (tertiary alicyclic amines) is 1. The molecule has 1 saturated heterocycles. The van der Waals surface area contributed by atoms with Crippen LogP contribution < -0.4 is 11.1 Å². The Kier molecular flexibility index (Phi) is 7.01. The van der Waals surface area contributed by atoms with Crippen molar-refractivity contribution in [2.45, 2.75) is 45.0 Å². The van der Waals surface area contributed by atoms with Crippen molar-refractivity contribution in [2.75, 3.05) is 31.6 Å². The number of fused-ring (bicyclic) bond motifs is 2. The van der Waals surface area contributed by atoms with Crippen LogP contribution in [0.5, 0.6) is 0 Å². The number of rotatable bonds is 9. The highest BCUT2D eigenvalue weighted by atomic mass is 19.1. The van der Waals surface area contributed by atoms with Crippen LogP contribution in [0.4, 0.5) is 10.2 Å². The van der Waals surface area contributed by atoms with Gasteiger partial charge in [-0.2, -0.15) is 4.98 Å². The maximum Gasteiger partial charge on any atom is 0.249 e. The predicted octanol–water partition coefficient (Wildman–Crippen LogP) is 4.49. The summed E-state index contributed by atoms with van der Waals surface area (Å²) in [4.78, 5) is 24.3. The summed E-state index contributed by atoms with van der Waals surface area (Å²) in [5.74, 6) is 0.850. The van der Waals surface area contributed by atoms with E-state index < -0.39 is 12.1 Å². The molecular weight excluding hydrogens is 495 g/mol. The molecule has 1 aliphatic carbocycles. The molecule has 0 saturated carbocycles. The summed E-state index contributed by atoms with van der Waals surface area (Å²) >= 11 is 0. The van der Waals surface area contributed by atoms with E-state index in [-0.39, 0.29) is 6.10 Å². The Labute approximate surface area is 227 Å². The minimum absolute atomic E-state index is 0.168. The molecule has 1 unspecified atom stereocenters. The smallest absolute Gasteiger partial charge is 0.249 e. The van der Waals surface area contributed by atoms with Crippen molar-refractivity contribution in [1.82, 2.24) is 19.4 Å². The third kappa shape index (κ3) is 5.12. The zero-order valence-corrected chi connectivity index (χ0v) is 22.1. The van der Waals surface area contributed by atoms with E-state index in [0.717, 1.165) is 58.5 Å². The van der Waals surface area contributed by atoms with Crippen molar-refractivity contribution >= 4 is 22.6 Å². The first-order valence-corrected chi connectivity index (χ1v) is 13.6. The largest absolute Gasteiger partial charge is 0.371 e. The molecule has 202 valence electrons. The van der Waals surface area contributed by atoms with Gasteiger partial charge in [0.15, 0.2) is 0 Å². The third-order valence-corrected chi connectivity index (χ3v) is 7.66. The number of aromatic nitrogens is 3. The van der Waals surface area contributed by atoms with Gasteiger partial charge in [-0.05, 0) is 49.9 Å². The van der Waals surface area contributed by atoms with E-state index in [9.17, 15) is 9.18 Å². The van der Waals surface area contributed by atoms with Crippen LogP contribution in [0, 0.1) is 6.92 Å². The summed E-state index contributed by atoms with van der Waals surface area (Å²) in [6.45, 7) is 4.81. The number of primary amides is 1. The van der Waals surface area contributed by atoms with Crippen molar-refractivity contribution in [3.63, 3.8) is 0 Å². The van der Waals surface area contributed by atoms with E-state index in [0.29, 0.717) is 44.3 Å². The summed E-state index contributed by atoms with van der Waals surface area (Å²) in [5.41, 5.74) is 11.0. The van der Waals surface area contributed by atoms with E-state index in [1.54, 1.807) is 6.07 Å². The lowest BCUT2D eigenvalue weighted by molar-refractivity contribution is -0.00545. The highest BCUT2D eigenvalue weighted by molar-refractivity contribution is 6.06. The first-order valence-electron chi connectivity index (χ1n) is 13.6. The molecule has 0 radical (unpaired) electrons. The molecule has 2 aromatic heterocycles. The number of aryl methyl sites for hydroxylation is 1. The van der Waals surface area contributed by atoms with Crippen molar-refractivity contribution in [1.29, 1.82) is 0 Å². The van der Waals surface area contributed by atoms with Crippen LogP contribution in [0.25, 0.3) is 16.9 Å². The minimum atomic E-state index is -0.719. The second kappa shape index (κ2) is 10.7. The number of nitrogens with zero attached hydrogens (tertiary/aromatic N) is 4.